The van der Waals surface area contributed by atoms with E-state index in [1.165, 1.54) is 0 Å². The van der Waals surface area contributed by atoms with Gasteiger partial charge in [-0.15, -0.1) is 0 Å². The maximum atomic E-state index is 13.5. The van der Waals surface area contributed by atoms with Crippen molar-refractivity contribution in [2.24, 2.45) is 0 Å². The lowest BCUT2D eigenvalue weighted by molar-refractivity contribution is -0.119. The molecule has 0 saturated carbocycles. The molecule has 0 aliphatic carbocycles. The third-order valence-electron chi connectivity index (χ3n) is 3.53. The number of hydrogen-bond donors (Lipinski definition) is 1. The van der Waals surface area contributed by atoms with Crippen LogP contribution >= 0.6 is 0 Å². The van der Waals surface area contributed by atoms with Gasteiger partial charge in [-0.3, -0.25) is 4.79 Å². The summed E-state index contributed by atoms with van der Waals surface area (Å²) >= 11 is 0. The van der Waals surface area contributed by atoms with Crippen molar-refractivity contribution < 1.29 is 23.1 Å². The molecule has 0 bridgehead atoms. The van der Waals surface area contributed by atoms with Gasteiger partial charge in [0.15, 0.2) is 6.61 Å². The lowest BCUT2D eigenvalue weighted by Gasteiger charge is -2.08. The van der Waals surface area contributed by atoms with E-state index in [0.29, 0.717) is 5.69 Å². The highest BCUT2D eigenvalue weighted by Crippen LogP contribution is 2.19. The van der Waals surface area contributed by atoms with Gasteiger partial charge in [0, 0.05) is 5.69 Å². The first-order valence-electron chi connectivity index (χ1n) is 7.44. The summed E-state index contributed by atoms with van der Waals surface area (Å²) in [5, 5.41) is 4.52. The number of amides is 1. The van der Waals surface area contributed by atoms with Gasteiger partial charge in [0.2, 0.25) is 0 Å². The number of carbonyl (C=O) groups excluding carboxylic acids is 2. The number of carbonyl (C=O) groups is 2. The molecule has 25 heavy (non-hydrogen) atoms. The highest BCUT2D eigenvalue weighted by atomic mass is 19.1. The second-order valence-corrected chi connectivity index (χ2v) is 5.28. The van der Waals surface area contributed by atoms with E-state index in [4.69, 9.17) is 0 Å². The molecular formula is C19H13F2NO3. The summed E-state index contributed by atoms with van der Waals surface area (Å²) in [5.74, 6) is -3.93. The maximum absolute atomic E-state index is 13.5. The van der Waals surface area contributed by atoms with Crippen LogP contribution in [0.15, 0.2) is 60.7 Å². The van der Waals surface area contributed by atoms with Crippen LogP contribution in [-0.2, 0) is 9.53 Å². The van der Waals surface area contributed by atoms with Crippen LogP contribution in [0.2, 0.25) is 0 Å². The molecule has 1 amide bonds. The number of hydrogen-bond acceptors (Lipinski definition) is 3. The Morgan fingerprint density at radius 1 is 0.880 bits per heavy atom. The molecule has 126 valence electrons. The van der Waals surface area contributed by atoms with E-state index < -0.39 is 35.7 Å². The highest BCUT2D eigenvalue weighted by molar-refractivity contribution is 5.97. The molecule has 0 radical (unpaired) electrons. The third-order valence-corrected chi connectivity index (χ3v) is 3.53. The Morgan fingerprint density at radius 2 is 1.56 bits per heavy atom. The van der Waals surface area contributed by atoms with Crippen molar-refractivity contribution in [3.05, 3.63) is 77.9 Å². The quantitative estimate of drug-likeness (QED) is 0.732. The summed E-state index contributed by atoms with van der Waals surface area (Å²) in [6, 6.07) is 15.9. The molecule has 0 saturated heterocycles. The standard InChI is InChI=1S/C19H13F2NO3/c20-15-6-3-7-16(21)18(15)19(24)25-11-17(23)22-14-9-8-12-4-1-2-5-13(12)10-14/h1-10H,11H2,(H,22,23). The summed E-state index contributed by atoms with van der Waals surface area (Å²) in [7, 11) is 0. The van der Waals surface area contributed by atoms with E-state index in [-0.39, 0.29) is 0 Å². The summed E-state index contributed by atoms with van der Waals surface area (Å²) in [5.41, 5.74) is -0.294. The van der Waals surface area contributed by atoms with Gasteiger partial charge in [0.1, 0.15) is 17.2 Å². The SMILES string of the molecule is O=C(COC(=O)c1c(F)cccc1F)Nc1ccc2ccccc2c1. The zero-order valence-electron chi connectivity index (χ0n) is 13.0. The number of ether oxygens (including phenoxy) is 1. The molecule has 0 aliphatic rings. The van der Waals surface area contributed by atoms with Crippen molar-refractivity contribution in [1.82, 2.24) is 0 Å². The first kappa shape index (κ1) is 16.6. The fourth-order valence-electron chi connectivity index (χ4n) is 2.36. The molecule has 0 fully saturated rings. The Balaban J connectivity index is 1.63. The van der Waals surface area contributed by atoms with Gasteiger partial charge in [-0.25, -0.2) is 13.6 Å². The molecule has 0 spiro atoms. The van der Waals surface area contributed by atoms with Crippen molar-refractivity contribution in [3.63, 3.8) is 0 Å². The number of fused-ring (bicyclic) bond motifs is 1. The Hall–Kier alpha value is -3.28. The Labute approximate surface area is 142 Å². The van der Waals surface area contributed by atoms with E-state index >= 15 is 0 Å². The second kappa shape index (κ2) is 7.09. The second-order valence-electron chi connectivity index (χ2n) is 5.28. The molecule has 6 heteroatoms. The summed E-state index contributed by atoms with van der Waals surface area (Å²) in [6.45, 7) is -0.653. The van der Waals surface area contributed by atoms with Gasteiger partial charge < -0.3 is 10.1 Å². The van der Waals surface area contributed by atoms with Gasteiger partial charge in [0.25, 0.3) is 5.91 Å². The zero-order valence-corrected chi connectivity index (χ0v) is 13.0. The largest absolute Gasteiger partial charge is 0.452 e. The number of rotatable bonds is 4. The van der Waals surface area contributed by atoms with Crippen LogP contribution in [-0.4, -0.2) is 18.5 Å². The number of anilines is 1. The molecule has 3 aromatic rings. The lowest BCUT2D eigenvalue weighted by Crippen LogP contribution is -2.21. The molecule has 0 aromatic heterocycles. The van der Waals surface area contributed by atoms with E-state index in [1.807, 2.05) is 30.3 Å². The normalized spacial score (nSPS) is 10.5. The molecule has 3 rings (SSSR count). The molecule has 4 nitrogen and oxygen atoms in total. The molecule has 0 atom stereocenters. The van der Waals surface area contributed by atoms with Gasteiger partial charge in [0.05, 0.1) is 0 Å². The fraction of sp³-hybridized carbons (Fsp3) is 0.0526. The Bertz CT molecular complexity index is 936. The summed E-state index contributed by atoms with van der Waals surface area (Å²) < 4.78 is 31.6. The zero-order chi connectivity index (χ0) is 17.8. The lowest BCUT2D eigenvalue weighted by atomic mass is 10.1. The van der Waals surface area contributed by atoms with Crippen LogP contribution in [0.4, 0.5) is 14.5 Å². The van der Waals surface area contributed by atoms with E-state index in [9.17, 15) is 18.4 Å². The fourth-order valence-corrected chi connectivity index (χ4v) is 2.36. The average Bonchev–Trinajstić information content (AvgIpc) is 2.60. The number of halogens is 2. The first-order valence-corrected chi connectivity index (χ1v) is 7.44. The predicted molar refractivity (Wildman–Crippen MR) is 89.2 cm³/mol. The van der Waals surface area contributed by atoms with E-state index in [0.717, 1.165) is 29.0 Å². The molecule has 0 aliphatic heterocycles. The van der Waals surface area contributed by atoms with Crippen molar-refractivity contribution in [2.75, 3.05) is 11.9 Å². The van der Waals surface area contributed by atoms with Crippen LogP contribution in [0.5, 0.6) is 0 Å². The number of benzene rings is 3. The molecular weight excluding hydrogens is 328 g/mol. The number of nitrogens with one attached hydrogen (secondary N) is 1. The van der Waals surface area contributed by atoms with Crippen LogP contribution in [0.25, 0.3) is 10.8 Å². The number of esters is 1. The Morgan fingerprint density at radius 3 is 2.28 bits per heavy atom. The monoisotopic (exact) mass is 341 g/mol. The van der Waals surface area contributed by atoms with Crippen molar-refractivity contribution in [2.45, 2.75) is 0 Å². The van der Waals surface area contributed by atoms with Gasteiger partial charge >= 0.3 is 5.97 Å². The highest BCUT2D eigenvalue weighted by Gasteiger charge is 2.19. The maximum Gasteiger partial charge on any atom is 0.344 e. The third kappa shape index (κ3) is 3.80. The minimum absolute atomic E-state index is 0.525. The first-order chi connectivity index (χ1) is 12.0. The minimum Gasteiger partial charge on any atom is -0.452 e. The van der Waals surface area contributed by atoms with Crippen LogP contribution < -0.4 is 5.32 Å². The minimum atomic E-state index is -1.23. The summed E-state index contributed by atoms with van der Waals surface area (Å²) in [4.78, 5) is 23.6. The van der Waals surface area contributed by atoms with Crippen LogP contribution in [0, 0.1) is 11.6 Å². The van der Waals surface area contributed by atoms with Crippen molar-refractivity contribution >= 4 is 28.3 Å². The molecule has 1 N–H and O–H groups in total. The Kier molecular flexibility index (Phi) is 4.70. The molecule has 0 heterocycles. The topological polar surface area (TPSA) is 55.4 Å². The van der Waals surface area contributed by atoms with Gasteiger partial charge in [-0.2, -0.15) is 0 Å². The van der Waals surface area contributed by atoms with E-state index in [1.54, 1.807) is 12.1 Å². The predicted octanol–water partition coefficient (Wildman–Crippen LogP) is 3.91. The van der Waals surface area contributed by atoms with E-state index in [2.05, 4.69) is 10.1 Å². The van der Waals surface area contributed by atoms with Crippen LogP contribution in [0.3, 0.4) is 0 Å². The smallest absolute Gasteiger partial charge is 0.344 e. The van der Waals surface area contributed by atoms with Crippen molar-refractivity contribution in [3.8, 4) is 0 Å². The van der Waals surface area contributed by atoms with Gasteiger partial charge in [-0.1, -0.05) is 36.4 Å². The van der Waals surface area contributed by atoms with Crippen molar-refractivity contribution in [1.29, 1.82) is 0 Å². The van der Waals surface area contributed by atoms with Crippen LogP contribution in [0.1, 0.15) is 10.4 Å². The molecule has 3 aromatic carbocycles. The molecule has 0 unspecified atom stereocenters. The summed E-state index contributed by atoms with van der Waals surface area (Å²) in [6.07, 6.45) is 0. The van der Waals surface area contributed by atoms with Gasteiger partial charge in [-0.05, 0) is 35.0 Å². The average molecular weight is 341 g/mol.